The summed E-state index contributed by atoms with van der Waals surface area (Å²) in [5, 5.41) is 19.2. The Morgan fingerprint density at radius 1 is 0.759 bits per heavy atom. The minimum atomic E-state index is -1.07. The standard InChI is InChI=1S/C63H77N13O10S/c1-5-28-76(29-6-2)60(81)41-32-51-50(72-53(64)33-41)34-52(87-51)58(79)71-43-21-22-54(69-35-43)75-30-23-40(24-31-75)56(77)66-26-27-68-62(83)85-36-39-17-19-42(20-18-39)70-57(78)49(16-11-25-67-61(65)82)73-59(80)55(38(3)4)74-63(84)86-37-48-46-14-9-7-12-44(46)45-13-8-10-15-47(45)48/h7-10,12-15,17-22,32,34-35,38,40,48-49,55H,5-6,11,16,23-31,33,36-37H2,1-4H3,(H2,64,72)(H,66,77)(H,68,83)(H,70,78)(H,71,79)(H,73,80)(H,74,84)(H3,65,67,82). The van der Waals surface area contributed by atoms with Crippen LogP contribution in [0.5, 0.6) is 0 Å². The van der Waals surface area contributed by atoms with Crippen molar-refractivity contribution in [2.75, 3.05) is 68.0 Å². The monoisotopic (exact) mass is 1210 g/mol. The number of pyridine rings is 1. The summed E-state index contributed by atoms with van der Waals surface area (Å²) < 4.78 is 11.1. The third-order valence-corrected chi connectivity index (χ3v) is 16.2. The van der Waals surface area contributed by atoms with Crippen molar-refractivity contribution in [2.24, 2.45) is 28.3 Å². The number of urea groups is 1. The smallest absolute Gasteiger partial charge is 0.407 e. The van der Waals surface area contributed by atoms with Crippen LogP contribution in [0.4, 0.5) is 37.3 Å². The van der Waals surface area contributed by atoms with Gasteiger partial charge in [-0.15, -0.1) is 11.3 Å². The number of benzene rings is 3. The van der Waals surface area contributed by atoms with E-state index in [0.717, 1.165) is 35.1 Å². The van der Waals surface area contributed by atoms with Crippen LogP contribution in [-0.4, -0.2) is 128 Å². The predicted molar refractivity (Wildman–Crippen MR) is 334 cm³/mol. The normalized spacial score (nSPS) is 14.3. The molecule has 3 aromatic carbocycles. The highest BCUT2D eigenvalue weighted by Gasteiger charge is 2.33. The second kappa shape index (κ2) is 30.7. The lowest BCUT2D eigenvalue weighted by atomic mass is 9.96. The van der Waals surface area contributed by atoms with Gasteiger partial charge in [0.1, 0.15) is 37.0 Å². The van der Waals surface area contributed by atoms with Gasteiger partial charge in [-0.3, -0.25) is 24.0 Å². The van der Waals surface area contributed by atoms with Gasteiger partial charge < -0.3 is 68.0 Å². The Labute approximate surface area is 509 Å². The van der Waals surface area contributed by atoms with Crippen LogP contribution in [0.25, 0.3) is 17.2 Å². The number of fused-ring (bicyclic) bond motifs is 4. The number of thiophene rings is 1. The lowest BCUT2D eigenvalue weighted by molar-refractivity contribution is -0.128. The molecule has 9 amide bonds. The molecule has 87 heavy (non-hydrogen) atoms. The molecule has 3 aliphatic rings. The number of amides is 9. The predicted octanol–water partition coefficient (Wildman–Crippen LogP) is 7.51. The number of aliphatic imine (C=N–C) groups is 1. The molecule has 23 nitrogen and oxygen atoms in total. The first-order valence-electron chi connectivity index (χ1n) is 29.5. The molecular formula is C63H77N13O10S. The third-order valence-electron chi connectivity index (χ3n) is 15.1. The molecule has 4 heterocycles. The van der Waals surface area contributed by atoms with E-state index in [-0.39, 0.29) is 87.6 Å². The summed E-state index contributed by atoms with van der Waals surface area (Å²) in [7, 11) is 0. The van der Waals surface area contributed by atoms with Gasteiger partial charge in [-0.2, -0.15) is 0 Å². The third kappa shape index (κ3) is 17.4. The number of nitrogens with zero attached hydrogens (tertiary/aromatic N) is 4. The second-order valence-corrected chi connectivity index (χ2v) is 23.0. The molecular weight excluding hydrogens is 1130 g/mol. The molecule has 1 fully saturated rings. The number of piperidine rings is 1. The molecule has 0 saturated carbocycles. The van der Waals surface area contributed by atoms with Gasteiger partial charge in [0.25, 0.3) is 5.91 Å². The van der Waals surface area contributed by atoms with Gasteiger partial charge in [-0.1, -0.05) is 88.4 Å². The highest BCUT2D eigenvalue weighted by Crippen LogP contribution is 2.44. The van der Waals surface area contributed by atoms with E-state index in [1.165, 1.54) is 11.3 Å². The molecule has 8 rings (SSSR count). The number of anilines is 3. The summed E-state index contributed by atoms with van der Waals surface area (Å²) in [6, 6.07) is 24.9. The van der Waals surface area contributed by atoms with E-state index >= 15 is 0 Å². The molecule has 1 saturated heterocycles. The average Bonchev–Trinajstić information content (AvgIpc) is 1.79. The van der Waals surface area contributed by atoms with Crippen LogP contribution < -0.4 is 53.6 Å². The Morgan fingerprint density at radius 2 is 1.43 bits per heavy atom. The van der Waals surface area contributed by atoms with E-state index in [1.54, 1.807) is 62.5 Å². The molecule has 5 aromatic rings. The fraction of sp³-hybridized carbons (Fsp3) is 0.397. The number of carbonyl (C=O) groups is 8. The van der Waals surface area contributed by atoms with Crippen molar-refractivity contribution in [3.63, 3.8) is 0 Å². The SMILES string of the molecule is CCCN(CCC)C(=O)C1=Cc2sc(C(=O)Nc3ccc(N4CCC(C(=O)NCCNC(=O)OCc5ccc(NC(=O)C(CCCNC(N)=O)NC(=O)C(NC(=O)OCC6c7ccccc7-c7ccccc76)C(C)C)cc5)CC4)nc3)cc2N=C(N)C1. The van der Waals surface area contributed by atoms with Crippen molar-refractivity contribution in [3.8, 4) is 11.1 Å². The zero-order valence-corrected chi connectivity index (χ0v) is 50.3. The van der Waals surface area contributed by atoms with Gasteiger partial charge in [0, 0.05) is 75.3 Å². The zero-order valence-electron chi connectivity index (χ0n) is 49.4. The summed E-state index contributed by atoms with van der Waals surface area (Å²) in [4.78, 5) is 119. The van der Waals surface area contributed by atoms with Gasteiger partial charge >= 0.3 is 18.2 Å². The molecule has 2 atom stereocenters. The van der Waals surface area contributed by atoms with Crippen molar-refractivity contribution >= 4 is 93.9 Å². The lowest BCUT2D eigenvalue weighted by Gasteiger charge is -2.32. The number of hydrogen-bond acceptors (Lipinski definition) is 15. The van der Waals surface area contributed by atoms with E-state index < -0.39 is 42.1 Å². The van der Waals surface area contributed by atoms with Gasteiger partial charge in [0.15, 0.2) is 0 Å². The maximum Gasteiger partial charge on any atom is 0.407 e. The van der Waals surface area contributed by atoms with Crippen LogP contribution in [0.15, 0.2) is 108 Å². The number of amidine groups is 1. The minimum absolute atomic E-state index is 0.0525. The molecule has 2 aliphatic heterocycles. The molecule has 1 aliphatic carbocycles. The molecule has 0 spiro atoms. The van der Waals surface area contributed by atoms with E-state index in [4.69, 9.17) is 20.9 Å². The number of nitrogens with two attached hydrogens (primary N) is 2. The lowest BCUT2D eigenvalue weighted by Crippen LogP contribution is -2.54. The van der Waals surface area contributed by atoms with Crippen LogP contribution in [-0.2, 0) is 35.3 Å². The van der Waals surface area contributed by atoms with E-state index in [0.29, 0.717) is 88.6 Å². The quantitative estimate of drug-likeness (QED) is 0.0242. The van der Waals surface area contributed by atoms with Crippen molar-refractivity contribution in [2.45, 2.75) is 97.2 Å². The summed E-state index contributed by atoms with van der Waals surface area (Å²) >= 11 is 1.24. The first kappa shape index (κ1) is 63.7. The van der Waals surface area contributed by atoms with Crippen LogP contribution in [0.2, 0.25) is 0 Å². The van der Waals surface area contributed by atoms with Crippen molar-refractivity contribution in [3.05, 3.63) is 129 Å². The number of hydrogen-bond donors (Lipinski definition) is 9. The van der Waals surface area contributed by atoms with Crippen molar-refractivity contribution in [1.82, 2.24) is 36.5 Å². The van der Waals surface area contributed by atoms with Gasteiger partial charge in [-0.25, -0.2) is 24.4 Å². The molecule has 0 bridgehead atoms. The summed E-state index contributed by atoms with van der Waals surface area (Å²) in [5.41, 5.74) is 18.3. The number of rotatable bonds is 26. The summed E-state index contributed by atoms with van der Waals surface area (Å²) in [6.07, 6.45) is 5.43. The van der Waals surface area contributed by atoms with Crippen LogP contribution >= 0.6 is 11.3 Å². The topological polar surface area (TPSA) is 323 Å². The van der Waals surface area contributed by atoms with Crippen LogP contribution in [0.3, 0.4) is 0 Å². The number of alkyl carbamates (subject to hydrolysis) is 2. The van der Waals surface area contributed by atoms with Gasteiger partial charge in [-0.05, 0) is 109 Å². The molecule has 460 valence electrons. The maximum atomic E-state index is 13.8. The molecule has 0 radical (unpaired) electrons. The van der Waals surface area contributed by atoms with E-state index in [1.807, 2.05) is 73.3 Å². The van der Waals surface area contributed by atoms with Crippen LogP contribution in [0.1, 0.15) is 110 Å². The summed E-state index contributed by atoms with van der Waals surface area (Å²) in [5.74, 6) is -1.45. The Balaban J connectivity index is 0.728. The molecule has 2 unspecified atom stereocenters. The first-order valence-corrected chi connectivity index (χ1v) is 30.3. The Morgan fingerprint density at radius 3 is 2.07 bits per heavy atom. The van der Waals surface area contributed by atoms with Crippen molar-refractivity contribution < 1.29 is 47.8 Å². The highest BCUT2D eigenvalue weighted by atomic mass is 32.1. The molecule has 2 aromatic heterocycles. The molecule has 11 N–H and O–H groups in total. The van der Waals surface area contributed by atoms with E-state index in [9.17, 15) is 38.4 Å². The fourth-order valence-corrected chi connectivity index (χ4v) is 11.6. The van der Waals surface area contributed by atoms with Crippen molar-refractivity contribution in [1.29, 1.82) is 0 Å². The Kier molecular flexibility index (Phi) is 22.4. The Hall–Kier alpha value is -9.32. The number of nitrogens with one attached hydrogen (secondary N) is 7. The number of ether oxygens (including phenoxy) is 2. The maximum absolute atomic E-state index is 13.8. The zero-order chi connectivity index (χ0) is 62.0. The van der Waals surface area contributed by atoms with Gasteiger partial charge in [0.05, 0.1) is 27.3 Å². The largest absolute Gasteiger partial charge is 0.449 e. The Bertz CT molecular complexity index is 3290. The van der Waals surface area contributed by atoms with Crippen LogP contribution in [0, 0.1) is 11.8 Å². The average molecular weight is 1210 g/mol. The minimum Gasteiger partial charge on any atom is -0.449 e. The summed E-state index contributed by atoms with van der Waals surface area (Å²) in [6.45, 7) is 10.5. The first-order chi connectivity index (χ1) is 42.0. The van der Waals surface area contributed by atoms with E-state index in [2.05, 4.69) is 52.1 Å². The van der Waals surface area contributed by atoms with Gasteiger partial charge in [0.2, 0.25) is 23.6 Å². The number of primary amides is 1. The molecule has 24 heteroatoms. The number of aromatic nitrogens is 1. The highest BCUT2D eigenvalue weighted by molar-refractivity contribution is 7.15. The fourth-order valence-electron chi connectivity index (χ4n) is 10.7. The number of carbonyl (C=O) groups excluding carboxylic acids is 8. The second-order valence-electron chi connectivity index (χ2n) is 21.9.